The number of fused-ring (bicyclic) bond motifs is 1. The highest BCUT2D eigenvalue weighted by Crippen LogP contribution is 2.18. The first-order valence-electron chi connectivity index (χ1n) is 7.52. The molecule has 0 saturated carbocycles. The van der Waals surface area contributed by atoms with Gasteiger partial charge in [0.05, 0.1) is 24.2 Å². The van der Waals surface area contributed by atoms with Crippen LogP contribution in [0.2, 0.25) is 5.15 Å². The molecule has 0 aliphatic carbocycles. The predicted octanol–water partition coefficient (Wildman–Crippen LogP) is 2.77. The van der Waals surface area contributed by atoms with Gasteiger partial charge in [-0.05, 0) is 18.2 Å². The summed E-state index contributed by atoms with van der Waals surface area (Å²) in [6, 6.07) is 5.40. The number of methoxy groups -OCH3 is 2. The molecule has 7 heteroatoms. The van der Waals surface area contributed by atoms with Crippen LogP contribution in [0.4, 0.5) is 0 Å². The molecule has 2 aromatic heterocycles. The molecular weight excluding hydrogens is 328 g/mol. The van der Waals surface area contributed by atoms with Gasteiger partial charge >= 0.3 is 0 Å². The topological polar surface area (TPSA) is 80.1 Å². The first-order chi connectivity index (χ1) is 11.7. The molecule has 0 amide bonds. The van der Waals surface area contributed by atoms with Crippen LogP contribution in [0.5, 0.6) is 0 Å². The van der Waals surface area contributed by atoms with Gasteiger partial charge < -0.3 is 20.2 Å². The van der Waals surface area contributed by atoms with Crippen molar-refractivity contribution in [3.63, 3.8) is 0 Å². The largest absolute Gasteiger partial charge is 0.390 e. The molecule has 0 unspecified atom stereocenters. The lowest BCUT2D eigenvalue weighted by Gasteiger charge is -2.15. The minimum Gasteiger partial charge on any atom is -0.390 e. The highest BCUT2D eigenvalue weighted by atomic mass is 35.5. The van der Waals surface area contributed by atoms with E-state index >= 15 is 0 Å². The summed E-state index contributed by atoms with van der Waals surface area (Å²) >= 11 is 5.93. The molecule has 0 fully saturated rings. The monoisotopic (exact) mass is 348 g/mol. The summed E-state index contributed by atoms with van der Waals surface area (Å²) in [6.45, 7) is 1.90. The summed E-state index contributed by atoms with van der Waals surface area (Å²) < 4.78 is 10.3. The highest BCUT2D eigenvalue weighted by molar-refractivity contribution is 6.29. The molecule has 24 heavy (non-hydrogen) atoms. The second-order valence-electron chi connectivity index (χ2n) is 5.33. The molecule has 2 rings (SSSR count). The van der Waals surface area contributed by atoms with Crippen molar-refractivity contribution in [2.45, 2.75) is 0 Å². The van der Waals surface area contributed by atoms with E-state index in [0.717, 1.165) is 11.1 Å². The van der Waals surface area contributed by atoms with E-state index in [2.05, 4.69) is 15.3 Å². The zero-order chi connectivity index (χ0) is 17.4. The average Bonchev–Trinajstić information content (AvgIpc) is 2.58. The average molecular weight is 349 g/mol. The van der Waals surface area contributed by atoms with Crippen LogP contribution >= 0.6 is 11.6 Å². The van der Waals surface area contributed by atoms with Gasteiger partial charge in [-0.15, -0.1) is 0 Å². The molecule has 0 saturated heterocycles. The summed E-state index contributed by atoms with van der Waals surface area (Å²) in [6.07, 6.45) is 4.79. The van der Waals surface area contributed by atoms with Crippen molar-refractivity contribution < 1.29 is 9.47 Å². The maximum absolute atomic E-state index is 7.64. The highest BCUT2D eigenvalue weighted by Gasteiger charge is 2.08. The van der Waals surface area contributed by atoms with E-state index in [9.17, 15) is 0 Å². The standard InChI is InChI=1S/C17H21ClN4O2/c1-23-10-12(11-24-2)7-20-8-14(6-19)13-5-16-15(21-9-13)3-4-17(18)22-16/h3-6,8-9,12,19-20H,7,10-11H2,1-2H3/b14-8+,19-6?. The normalized spacial score (nSPS) is 11.9. The van der Waals surface area contributed by atoms with E-state index < -0.39 is 0 Å². The zero-order valence-electron chi connectivity index (χ0n) is 13.8. The molecule has 2 heterocycles. The minimum atomic E-state index is 0.235. The fraction of sp³-hybridized carbons (Fsp3) is 0.353. The Balaban J connectivity index is 2.13. The van der Waals surface area contributed by atoms with Gasteiger partial charge in [-0.25, -0.2) is 4.98 Å². The van der Waals surface area contributed by atoms with Crippen molar-refractivity contribution in [3.8, 4) is 0 Å². The Hall–Kier alpha value is -2.02. The van der Waals surface area contributed by atoms with Gasteiger partial charge in [0, 0.05) is 56.4 Å². The molecule has 0 radical (unpaired) electrons. The Morgan fingerprint density at radius 3 is 2.71 bits per heavy atom. The quantitative estimate of drug-likeness (QED) is 0.538. The fourth-order valence-electron chi connectivity index (χ4n) is 2.32. The SMILES string of the molecule is COCC(CN/C=C(\C=N)c1cnc2ccc(Cl)nc2c1)COC. The van der Waals surface area contributed by atoms with Crippen molar-refractivity contribution in [1.29, 1.82) is 5.41 Å². The Labute approximate surface area is 146 Å². The minimum absolute atomic E-state index is 0.235. The lowest BCUT2D eigenvalue weighted by Crippen LogP contribution is -2.26. The van der Waals surface area contributed by atoms with Crippen molar-refractivity contribution in [2.24, 2.45) is 5.92 Å². The summed E-state index contributed by atoms with van der Waals surface area (Å²) in [5.41, 5.74) is 2.97. The summed E-state index contributed by atoms with van der Waals surface area (Å²) in [5.74, 6) is 0.235. The van der Waals surface area contributed by atoms with E-state index in [-0.39, 0.29) is 5.92 Å². The van der Waals surface area contributed by atoms with Gasteiger partial charge in [0.25, 0.3) is 0 Å². The maximum atomic E-state index is 7.64. The molecule has 2 aromatic rings. The van der Waals surface area contributed by atoms with Gasteiger partial charge in [-0.1, -0.05) is 11.6 Å². The van der Waals surface area contributed by atoms with Crippen molar-refractivity contribution in [1.82, 2.24) is 15.3 Å². The molecule has 0 aromatic carbocycles. The van der Waals surface area contributed by atoms with Gasteiger partial charge in [0.1, 0.15) is 5.15 Å². The Morgan fingerprint density at radius 2 is 2.04 bits per heavy atom. The molecule has 6 nitrogen and oxygen atoms in total. The summed E-state index contributed by atoms with van der Waals surface area (Å²) in [4.78, 5) is 8.62. The Morgan fingerprint density at radius 1 is 1.29 bits per heavy atom. The van der Waals surface area contributed by atoms with Crippen LogP contribution in [0.25, 0.3) is 16.6 Å². The summed E-state index contributed by atoms with van der Waals surface area (Å²) in [7, 11) is 3.33. The predicted molar refractivity (Wildman–Crippen MR) is 96.6 cm³/mol. The number of allylic oxidation sites excluding steroid dienone is 1. The van der Waals surface area contributed by atoms with Crippen LogP contribution in [-0.2, 0) is 9.47 Å². The number of rotatable bonds is 9. The lowest BCUT2D eigenvalue weighted by molar-refractivity contribution is 0.0860. The van der Waals surface area contributed by atoms with Gasteiger partial charge in [-0.2, -0.15) is 0 Å². The van der Waals surface area contributed by atoms with E-state index in [0.29, 0.717) is 36.0 Å². The first-order valence-corrected chi connectivity index (χ1v) is 7.90. The molecule has 0 aliphatic rings. The second kappa shape index (κ2) is 9.32. The van der Waals surface area contributed by atoms with E-state index in [1.807, 2.05) is 12.1 Å². The summed E-state index contributed by atoms with van der Waals surface area (Å²) in [5, 5.41) is 11.3. The van der Waals surface area contributed by atoms with E-state index in [1.165, 1.54) is 6.21 Å². The molecule has 0 spiro atoms. The smallest absolute Gasteiger partial charge is 0.129 e. The number of nitrogens with one attached hydrogen (secondary N) is 2. The number of halogens is 1. The number of hydrogen-bond acceptors (Lipinski definition) is 6. The molecule has 0 bridgehead atoms. The van der Waals surface area contributed by atoms with Gasteiger partial charge in [0.15, 0.2) is 0 Å². The van der Waals surface area contributed by atoms with E-state index in [1.54, 1.807) is 32.7 Å². The van der Waals surface area contributed by atoms with Crippen LogP contribution in [-0.4, -0.2) is 50.2 Å². The van der Waals surface area contributed by atoms with Crippen LogP contribution in [0, 0.1) is 11.3 Å². The number of ether oxygens (including phenoxy) is 2. The third kappa shape index (κ3) is 4.99. The van der Waals surface area contributed by atoms with Gasteiger partial charge in [0.2, 0.25) is 0 Å². The van der Waals surface area contributed by atoms with Gasteiger partial charge in [-0.3, -0.25) is 4.98 Å². The lowest BCUT2D eigenvalue weighted by atomic mass is 10.1. The van der Waals surface area contributed by atoms with Crippen LogP contribution in [0.3, 0.4) is 0 Å². The molecule has 2 N–H and O–H groups in total. The molecule has 128 valence electrons. The van der Waals surface area contributed by atoms with Crippen LogP contribution in [0.1, 0.15) is 5.56 Å². The third-order valence-electron chi connectivity index (χ3n) is 3.46. The molecule has 0 aliphatic heterocycles. The third-order valence-corrected chi connectivity index (χ3v) is 3.67. The van der Waals surface area contributed by atoms with Crippen LogP contribution < -0.4 is 5.32 Å². The number of nitrogens with zero attached hydrogens (tertiary/aromatic N) is 2. The van der Waals surface area contributed by atoms with E-state index in [4.69, 9.17) is 26.5 Å². The second-order valence-corrected chi connectivity index (χ2v) is 5.71. The van der Waals surface area contributed by atoms with Crippen molar-refractivity contribution >= 4 is 34.4 Å². The number of pyridine rings is 2. The zero-order valence-corrected chi connectivity index (χ0v) is 14.5. The molecular formula is C17H21ClN4O2. The van der Waals surface area contributed by atoms with Crippen molar-refractivity contribution in [2.75, 3.05) is 34.0 Å². The number of hydrogen-bond donors (Lipinski definition) is 2. The fourth-order valence-corrected chi connectivity index (χ4v) is 2.47. The molecule has 0 atom stereocenters. The maximum Gasteiger partial charge on any atom is 0.129 e. The first kappa shape index (κ1) is 18.3. The Bertz CT molecular complexity index is 715. The van der Waals surface area contributed by atoms with Crippen molar-refractivity contribution in [3.05, 3.63) is 41.3 Å². The number of aromatic nitrogens is 2. The Kier molecular flexibility index (Phi) is 7.11. The van der Waals surface area contributed by atoms with Crippen LogP contribution in [0.15, 0.2) is 30.6 Å².